The average molecular weight is 306 g/mol. The first kappa shape index (κ1) is 13.4. The van der Waals surface area contributed by atoms with Crippen LogP contribution in [0.25, 0.3) is 11.3 Å². The first-order valence-electron chi connectivity index (χ1n) is 5.89. The van der Waals surface area contributed by atoms with E-state index in [1.54, 1.807) is 6.07 Å². The van der Waals surface area contributed by atoms with E-state index in [1.807, 2.05) is 16.8 Å². The monoisotopic (exact) mass is 306 g/mol. The molecule has 0 aliphatic carbocycles. The second kappa shape index (κ2) is 5.45. The van der Waals surface area contributed by atoms with E-state index in [4.69, 9.17) is 4.52 Å². The molecule has 0 fully saturated rings. The average Bonchev–Trinajstić information content (AvgIpc) is 3.12. The lowest BCUT2D eigenvalue weighted by atomic mass is 10.2. The highest BCUT2D eigenvalue weighted by Crippen LogP contribution is 2.24. The largest absolute Gasteiger partial charge is 0.338 e. The minimum absolute atomic E-state index is 0.0117. The predicted octanol–water partition coefficient (Wildman–Crippen LogP) is 3.93. The van der Waals surface area contributed by atoms with Crippen LogP contribution in [0.3, 0.4) is 0 Å². The maximum atomic E-state index is 13.1. The zero-order valence-electron chi connectivity index (χ0n) is 10.5. The Morgan fingerprint density at radius 1 is 1.19 bits per heavy atom. The number of hydrogen-bond acceptors (Lipinski definition) is 4. The second-order valence-electron chi connectivity index (χ2n) is 4.17. The summed E-state index contributed by atoms with van der Waals surface area (Å²) in [6, 6.07) is 6.31. The van der Waals surface area contributed by atoms with Crippen molar-refractivity contribution in [3.8, 4) is 11.3 Å². The first-order chi connectivity index (χ1) is 10.1. The van der Waals surface area contributed by atoms with Crippen molar-refractivity contribution in [3.63, 3.8) is 0 Å². The minimum Gasteiger partial charge on any atom is -0.338 e. The van der Waals surface area contributed by atoms with E-state index < -0.39 is 17.5 Å². The van der Waals surface area contributed by atoms with Gasteiger partial charge in [-0.05, 0) is 29.6 Å². The third-order valence-corrected chi connectivity index (χ3v) is 3.43. The molecule has 7 heteroatoms. The third-order valence-electron chi connectivity index (χ3n) is 2.75. The highest BCUT2D eigenvalue weighted by atomic mass is 32.1. The molecule has 0 atom stereocenters. The molecule has 0 aliphatic rings. The van der Waals surface area contributed by atoms with Crippen molar-refractivity contribution in [3.05, 3.63) is 58.3 Å². The van der Waals surface area contributed by atoms with E-state index in [0.717, 1.165) is 17.7 Å². The summed E-state index contributed by atoms with van der Waals surface area (Å²) in [5.74, 6) is -2.57. The van der Waals surface area contributed by atoms with Crippen LogP contribution in [0.15, 0.2) is 45.6 Å². The van der Waals surface area contributed by atoms with Crippen LogP contribution in [0.1, 0.15) is 10.4 Å². The van der Waals surface area contributed by atoms with Crippen LogP contribution in [-0.4, -0.2) is 11.1 Å². The molecule has 0 spiro atoms. The zero-order valence-corrected chi connectivity index (χ0v) is 11.3. The van der Waals surface area contributed by atoms with E-state index >= 15 is 0 Å². The quantitative estimate of drug-likeness (QED) is 0.797. The highest BCUT2D eigenvalue weighted by molar-refractivity contribution is 7.08. The molecule has 0 unspecified atom stereocenters. The Balaban J connectivity index is 1.77. The first-order valence-corrected chi connectivity index (χ1v) is 6.83. The van der Waals surface area contributed by atoms with Gasteiger partial charge in [0.1, 0.15) is 5.69 Å². The number of halogens is 2. The number of thiophene rings is 1. The van der Waals surface area contributed by atoms with E-state index in [0.29, 0.717) is 5.69 Å². The van der Waals surface area contributed by atoms with Gasteiger partial charge in [-0.25, -0.2) is 8.78 Å². The summed E-state index contributed by atoms with van der Waals surface area (Å²) < 4.78 is 30.9. The van der Waals surface area contributed by atoms with E-state index in [2.05, 4.69) is 10.5 Å². The maximum Gasteiger partial charge on any atom is 0.258 e. The van der Waals surface area contributed by atoms with Crippen molar-refractivity contribution < 1.29 is 18.1 Å². The Morgan fingerprint density at radius 2 is 2.05 bits per heavy atom. The van der Waals surface area contributed by atoms with Crippen molar-refractivity contribution in [2.45, 2.75) is 0 Å². The lowest BCUT2D eigenvalue weighted by Gasteiger charge is -2.01. The number of nitrogens with zero attached hydrogens (tertiary/aromatic N) is 1. The SMILES string of the molecule is O=C(Nc1cc(-c2ccsc2)no1)c1ccc(F)c(F)c1. The zero-order chi connectivity index (χ0) is 14.8. The second-order valence-corrected chi connectivity index (χ2v) is 4.95. The number of amides is 1. The van der Waals surface area contributed by atoms with Gasteiger partial charge in [-0.15, -0.1) is 0 Å². The van der Waals surface area contributed by atoms with Crippen LogP contribution in [0.4, 0.5) is 14.7 Å². The molecule has 1 amide bonds. The van der Waals surface area contributed by atoms with Crippen LogP contribution in [-0.2, 0) is 0 Å². The van der Waals surface area contributed by atoms with Crippen LogP contribution < -0.4 is 5.32 Å². The molecular formula is C14H8F2N2O2S. The van der Waals surface area contributed by atoms with Gasteiger partial charge >= 0.3 is 0 Å². The number of aromatic nitrogens is 1. The van der Waals surface area contributed by atoms with Crippen molar-refractivity contribution in [1.29, 1.82) is 0 Å². The molecule has 3 aromatic rings. The fourth-order valence-corrected chi connectivity index (χ4v) is 2.35. The molecule has 4 nitrogen and oxygen atoms in total. The van der Waals surface area contributed by atoms with E-state index in [-0.39, 0.29) is 11.4 Å². The number of rotatable bonds is 3. The van der Waals surface area contributed by atoms with Gasteiger partial charge in [0, 0.05) is 22.6 Å². The van der Waals surface area contributed by atoms with Crippen molar-refractivity contribution >= 4 is 23.1 Å². The van der Waals surface area contributed by atoms with Crippen LogP contribution >= 0.6 is 11.3 Å². The predicted molar refractivity (Wildman–Crippen MR) is 74.1 cm³/mol. The molecule has 3 rings (SSSR count). The molecule has 1 N–H and O–H groups in total. The smallest absolute Gasteiger partial charge is 0.258 e. The topological polar surface area (TPSA) is 55.1 Å². The Labute approximate surface area is 122 Å². The molecule has 1 aromatic carbocycles. The minimum atomic E-state index is -1.08. The summed E-state index contributed by atoms with van der Waals surface area (Å²) in [6.45, 7) is 0. The standard InChI is InChI=1S/C14H8F2N2O2S/c15-10-2-1-8(5-11(10)16)14(19)17-13-6-12(18-20-13)9-3-4-21-7-9/h1-7H,(H,17,19). The molecule has 2 aromatic heterocycles. The third kappa shape index (κ3) is 2.82. The summed E-state index contributed by atoms with van der Waals surface area (Å²) in [4.78, 5) is 11.9. The van der Waals surface area contributed by atoms with Gasteiger partial charge in [0.15, 0.2) is 11.6 Å². The number of anilines is 1. The van der Waals surface area contributed by atoms with Gasteiger partial charge in [-0.1, -0.05) is 5.16 Å². The Hall–Kier alpha value is -2.54. The van der Waals surface area contributed by atoms with Gasteiger partial charge in [-0.3, -0.25) is 10.1 Å². The van der Waals surface area contributed by atoms with Gasteiger partial charge < -0.3 is 4.52 Å². The van der Waals surface area contributed by atoms with Gasteiger partial charge in [-0.2, -0.15) is 11.3 Å². The van der Waals surface area contributed by atoms with Crippen molar-refractivity contribution in [1.82, 2.24) is 5.16 Å². The number of carbonyl (C=O) groups is 1. The lowest BCUT2D eigenvalue weighted by Crippen LogP contribution is -2.11. The summed E-state index contributed by atoms with van der Waals surface area (Å²) in [7, 11) is 0. The molecule has 21 heavy (non-hydrogen) atoms. The maximum absolute atomic E-state index is 13.1. The van der Waals surface area contributed by atoms with Gasteiger partial charge in [0.25, 0.3) is 5.91 Å². The Morgan fingerprint density at radius 3 is 2.76 bits per heavy atom. The summed E-state index contributed by atoms with van der Waals surface area (Å²) in [5, 5.41) is 10.0. The molecule has 0 bridgehead atoms. The van der Waals surface area contributed by atoms with Crippen molar-refractivity contribution in [2.75, 3.05) is 5.32 Å². The van der Waals surface area contributed by atoms with Crippen LogP contribution in [0.5, 0.6) is 0 Å². The number of carbonyl (C=O) groups excluding carboxylic acids is 1. The van der Waals surface area contributed by atoms with Gasteiger partial charge in [0.2, 0.25) is 5.88 Å². The van der Waals surface area contributed by atoms with Crippen molar-refractivity contribution in [2.24, 2.45) is 0 Å². The fraction of sp³-hybridized carbons (Fsp3) is 0. The normalized spacial score (nSPS) is 10.6. The molecule has 0 radical (unpaired) electrons. The number of hydrogen-bond donors (Lipinski definition) is 1. The summed E-state index contributed by atoms with van der Waals surface area (Å²) in [6.07, 6.45) is 0. The van der Waals surface area contributed by atoms with E-state index in [9.17, 15) is 13.6 Å². The van der Waals surface area contributed by atoms with Crippen LogP contribution in [0.2, 0.25) is 0 Å². The molecule has 0 saturated carbocycles. The molecule has 106 valence electrons. The molecular weight excluding hydrogens is 298 g/mol. The van der Waals surface area contributed by atoms with Gasteiger partial charge in [0.05, 0.1) is 0 Å². The fourth-order valence-electron chi connectivity index (χ4n) is 1.70. The number of nitrogens with one attached hydrogen (secondary N) is 1. The Bertz CT molecular complexity index is 784. The lowest BCUT2D eigenvalue weighted by molar-refractivity contribution is 0.102. The highest BCUT2D eigenvalue weighted by Gasteiger charge is 2.13. The van der Waals surface area contributed by atoms with Crippen LogP contribution in [0, 0.1) is 11.6 Å². The summed E-state index contributed by atoms with van der Waals surface area (Å²) in [5.41, 5.74) is 1.44. The summed E-state index contributed by atoms with van der Waals surface area (Å²) >= 11 is 1.51. The molecule has 0 aliphatic heterocycles. The molecule has 2 heterocycles. The number of benzene rings is 1. The Kier molecular flexibility index (Phi) is 3.49. The van der Waals surface area contributed by atoms with E-state index in [1.165, 1.54) is 17.4 Å². The molecule has 0 saturated heterocycles.